The van der Waals surface area contributed by atoms with Gasteiger partial charge in [-0.3, -0.25) is 14.4 Å². The molecule has 1 aromatic carbocycles. The summed E-state index contributed by atoms with van der Waals surface area (Å²) in [4.78, 5) is 17.2. The van der Waals surface area contributed by atoms with E-state index in [-0.39, 0.29) is 5.91 Å². The summed E-state index contributed by atoms with van der Waals surface area (Å²) >= 11 is 3.54. The zero-order chi connectivity index (χ0) is 22.0. The van der Waals surface area contributed by atoms with Gasteiger partial charge in [0.05, 0.1) is 23.0 Å². The first-order chi connectivity index (χ1) is 14.9. The van der Waals surface area contributed by atoms with Crippen LogP contribution in [0.4, 0.5) is 0 Å². The van der Waals surface area contributed by atoms with Gasteiger partial charge in [0, 0.05) is 38.9 Å². The van der Waals surface area contributed by atoms with Crippen LogP contribution in [-0.2, 0) is 13.2 Å². The first-order valence-corrected chi connectivity index (χ1v) is 11.1. The lowest BCUT2D eigenvalue weighted by molar-refractivity contribution is 0.0621. The van der Waals surface area contributed by atoms with Crippen molar-refractivity contribution in [3.05, 3.63) is 63.6 Å². The van der Waals surface area contributed by atoms with Gasteiger partial charge in [-0.15, -0.1) is 0 Å². The van der Waals surface area contributed by atoms with E-state index in [0.29, 0.717) is 25.5 Å². The van der Waals surface area contributed by atoms with E-state index in [9.17, 15) is 4.79 Å². The molecule has 2 aromatic heterocycles. The molecule has 1 saturated heterocycles. The maximum absolute atomic E-state index is 12.9. The molecule has 0 unspecified atom stereocenters. The average molecular weight is 487 g/mol. The van der Waals surface area contributed by atoms with Gasteiger partial charge in [-0.25, -0.2) is 4.68 Å². The van der Waals surface area contributed by atoms with Crippen LogP contribution < -0.4 is 4.74 Å². The predicted molar refractivity (Wildman–Crippen MR) is 121 cm³/mol. The molecule has 0 radical (unpaired) electrons. The third-order valence-electron chi connectivity index (χ3n) is 5.63. The summed E-state index contributed by atoms with van der Waals surface area (Å²) < 4.78 is 9.93. The minimum atomic E-state index is -0.0191. The molecule has 164 valence electrons. The second-order valence-electron chi connectivity index (χ2n) is 7.79. The number of halogens is 1. The number of carbonyl (C=O) groups is 1. The Kier molecular flexibility index (Phi) is 6.43. The molecule has 1 aliphatic heterocycles. The molecule has 8 nitrogen and oxygen atoms in total. The van der Waals surface area contributed by atoms with Gasteiger partial charge in [0.1, 0.15) is 18.1 Å². The van der Waals surface area contributed by atoms with Gasteiger partial charge in [0.25, 0.3) is 5.91 Å². The fourth-order valence-corrected chi connectivity index (χ4v) is 4.09. The SMILES string of the molecule is COc1cccc(CN2CCN(C(=O)c3ccn(Cn4nc(C)c(Br)c4C)n3)CC2)c1. The van der Waals surface area contributed by atoms with E-state index < -0.39 is 0 Å². The summed E-state index contributed by atoms with van der Waals surface area (Å²) in [6.07, 6.45) is 1.83. The number of carbonyl (C=O) groups excluding carboxylic acids is 1. The second-order valence-corrected chi connectivity index (χ2v) is 8.58. The van der Waals surface area contributed by atoms with Crippen LogP contribution >= 0.6 is 15.9 Å². The molecule has 0 saturated carbocycles. The van der Waals surface area contributed by atoms with Crippen molar-refractivity contribution in [3.8, 4) is 5.75 Å². The number of aromatic nitrogens is 4. The Labute approximate surface area is 190 Å². The Bertz CT molecular complexity index is 1070. The largest absolute Gasteiger partial charge is 0.497 e. The van der Waals surface area contributed by atoms with Crippen LogP contribution in [0.2, 0.25) is 0 Å². The molecule has 0 atom stereocenters. The molecular weight excluding hydrogens is 460 g/mol. The van der Waals surface area contributed by atoms with Crippen molar-refractivity contribution in [2.24, 2.45) is 0 Å². The van der Waals surface area contributed by atoms with E-state index in [0.717, 1.165) is 41.2 Å². The van der Waals surface area contributed by atoms with E-state index in [1.165, 1.54) is 5.56 Å². The molecule has 1 aliphatic rings. The minimum absolute atomic E-state index is 0.0191. The third kappa shape index (κ3) is 4.83. The van der Waals surface area contributed by atoms with Crippen molar-refractivity contribution in [1.29, 1.82) is 0 Å². The number of ether oxygens (including phenoxy) is 1. The van der Waals surface area contributed by atoms with Gasteiger partial charge in [0.15, 0.2) is 0 Å². The number of nitrogens with zero attached hydrogens (tertiary/aromatic N) is 6. The summed E-state index contributed by atoms with van der Waals surface area (Å²) in [6, 6.07) is 9.91. The monoisotopic (exact) mass is 486 g/mol. The highest BCUT2D eigenvalue weighted by Crippen LogP contribution is 2.20. The quantitative estimate of drug-likeness (QED) is 0.535. The second kappa shape index (κ2) is 9.23. The van der Waals surface area contributed by atoms with Crippen LogP contribution in [0, 0.1) is 13.8 Å². The number of aryl methyl sites for hydroxylation is 1. The molecule has 3 heterocycles. The Hall–Kier alpha value is -2.65. The topological polar surface area (TPSA) is 68.4 Å². The number of benzene rings is 1. The summed E-state index contributed by atoms with van der Waals surface area (Å²) in [5.74, 6) is 0.851. The summed E-state index contributed by atoms with van der Waals surface area (Å²) in [5.41, 5.74) is 3.66. The number of rotatable bonds is 6. The molecule has 0 aliphatic carbocycles. The molecule has 31 heavy (non-hydrogen) atoms. The summed E-state index contributed by atoms with van der Waals surface area (Å²) in [5, 5.41) is 8.99. The minimum Gasteiger partial charge on any atom is -0.497 e. The molecule has 1 fully saturated rings. The maximum Gasteiger partial charge on any atom is 0.274 e. The highest BCUT2D eigenvalue weighted by molar-refractivity contribution is 9.10. The Morgan fingerprint density at radius 2 is 1.90 bits per heavy atom. The highest BCUT2D eigenvalue weighted by atomic mass is 79.9. The first kappa shape index (κ1) is 21.6. The average Bonchev–Trinajstić information content (AvgIpc) is 3.34. The number of piperazine rings is 1. The third-order valence-corrected chi connectivity index (χ3v) is 6.78. The van der Waals surface area contributed by atoms with E-state index >= 15 is 0 Å². The zero-order valence-corrected chi connectivity index (χ0v) is 19.7. The van der Waals surface area contributed by atoms with Crippen LogP contribution in [-0.4, -0.2) is 68.6 Å². The number of amides is 1. The summed E-state index contributed by atoms with van der Waals surface area (Å²) in [6.45, 7) is 8.35. The fraction of sp³-hybridized carbons (Fsp3) is 0.409. The van der Waals surface area contributed by atoms with Crippen LogP contribution in [0.5, 0.6) is 5.75 Å². The van der Waals surface area contributed by atoms with Gasteiger partial charge in [0.2, 0.25) is 0 Å². The molecule has 0 bridgehead atoms. The maximum atomic E-state index is 12.9. The normalized spacial score (nSPS) is 14.8. The van der Waals surface area contributed by atoms with Crippen molar-refractivity contribution in [2.75, 3.05) is 33.3 Å². The van der Waals surface area contributed by atoms with E-state index in [2.05, 4.69) is 43.2 Å². The van der Waals surface area contributed by atoms with Crippen LogP contribution in [0.15, 0.2) is 41.0 Å². The van der Waals surface area contributed by atoms with Gasteiger partial charge >= 0.3 is 0 Å². The van der Waals surface area contributed by atoms with Crippen LogP contribution in [0.1, 0.15) is 27.4 Å². The molecular formula is C22H27BrN6O2. The van der Waals surface area contributed by atoms with E-state index in [1.54, 1.807) is 17.9 Å². The van der Waals surface area contributed by atoms with Crippen molar-refractivity contribution in [1.82, 2.24) is 29.4 Å². The lowest BCUT2D eigenvalue weighted by Gasteiger charge is -2.34. The molecule has 4 rings (SSSR count). The van der Waals surface area contributed by atoms with Crippen molar-refractivity contribution in [2.45, 2.75) is 27.1 Å². The van der Waals surface area contributed by atoms with Gasteiger partial charge in [-0.1, -0.05) is 12.1 Å². The van der Waals surface area contributed by atoms with Crippen LogP contribution in [0.3, 0.4) is 0 Å². The predicted octanol–water partition coefficient (Wildman–Crippen LogP) is 2.93. The van der Waals surface area contributed by atoms with Crippen molar-refractivity contribution >= 4 is 21.8 Å². The van der Waals surface area contributed by atoms with Gasteiger partial charge in [-0.05, 0) is 53.5 Å². The number of hydrogen-bond acceptors (Lipinski definition) is 5. The van der Waals surface area contributed by atoms with Crippen molar-refractivity contribution in [3.63, 3.8) is 0 Å². The standard InChI is InChI=1S/C22H27BrN6O2/c1-16-21(23)17(2)29(24-16)15-28-8-7-20(25-28)22(30)27-11-9-26(10-12-27)14-18-5-4-6-19(13-18)31-3/h4-8,13H,9-12,14-15H2,1-3H3. The van der Waals surface area contributed by atoms with Gasteiger partial charge in [-0.2, -0.15) is 10.2 Å². The van der Waals surface area contributed by atoms with Gasteiger partial charge < -0.3 is 9.64 Å². The highest BCUT2D eigenvalue weighted by Gasteiger charge is 2.24. The van der Waals surface area contributed by atoms with Crippen LogP contribution in [0.25, 0.3) is 0 Å². The Morgan fingerprint density at radius 1 is 1.13 bits per heavy atom. The van der Waals surface area contributed by atoms with Crippen molar-refractivity contribution < 1.29 is 9.53 Å². The number of methoxy groups -OCH3 is 1. The molecule has 9 heteroatoms. The van der Waals surface area contributed by atoms with E-state index in [1.807, 2.05) is 41.8 Å². The Morgan fingerprint density at radius 3 is 2.58 bits per heavy atom. The molecule has 3 aromatic rings. The zero-order valence-electron chi connectivity index (χ0n) is 18.1. The lowest BCUT2D eigenvalue weighted by Crippen LogP contribution is -2.48. The molecule has 0 spiro atoms. The fourth-order valence-electron chi connectivity index (χ4n) is 3.80. The first-order valence-electron chi connectivity index (χ1n) is 10.3. The molecule has 0 N–H and O–H groups in total. The van der Waals surface area contributed by atoms with E-state index in [4.69, 9.17) is 4.74 Å². The smallest absolute Gasteiger partial charge is 0.274 e. The number of hydrogen-bond donors (Lipinski definition) is 0. The Balaban J connectivity index is 1.33. The molecule has 1 amide bonds. The summed E-state index contributed by atoms with van der Waals surface area (Å²) in [7, 11) is 1.68. The lowest BCUT2D eigenvalue weighted by atomic mass is 10.2.